The van der Waals surface area contributed by atoms with E-state index in [0.29, 0.717) is 13.0 Å². The molecule has 1 N–H and O–H groups in total. The third-order valence-corrected chi connectivity index (χ3v) is 5.98. The Bertz CT molecular complexity index is 1140. The van der Waals surface area contributed by atoms with Crippen LogP contribution in [0.3, 0.4) is 0 Å². The first-order valence-electron chi connectivity index (χ1n) is 12.8. The molecule has 0 radical (unpaired) electrons. The van der Waals surface area contributed by atoms with Crippen molar-refractivity contribution in [2.45, 2.75) is 64.9 Å². The number of carbonyl (C=O) groups is 3. The van der Waals surface area contributed by atoms with Gasteiger partial charge in [-0.25, -0.2) is 14.2 Å². The molecule has 212 valence electrons. The predicted octanol–water partition coefficient (Wildman–Crippen LogP) is 3.26. The summed E-state index contributed by atoms with van der Waals surface area (Å²) in [5.41, 5.74) is 0.614. The molecule has 1 fully saturated rings. The summed E-state index contributed by atoms with van der Waals surface area (Å²) in [6, 6.07) is 6.46. The average molecular weight is 547 g/mol. The Balaban J connectivity index is 1.81. The molecular weight excluding hydrogens is 511 g/mol. The van der Waals surface area contributed by atoms with E-state index in [-0.39, 0.29) is 42.0 Å². The van der Waals surface area contributed by atoms with Gasteiger partial charge in [-0.1, -0.05) is 26.0 Å². The van der Waals surface area contributed by atoms with Gasteiger partial charge in [0.1, 0.15) is 24.1 Å². The van der Waals surface area contributed by atoms with Gasteiger partial charge in [0.05, 0.1) is 13.2 Å². The van der Waals surface area contributed by atoms with Gasteiger partial charge >= 0.3 is 11.9 Å². The van der Waals surface area contributed by atoms with Crippen LogP contribution in [0.2, 0.25) is 0 Å². The highest BCUT2D eigenvalue weighted by molar-refractivity contribution is 5.98. The van der Waals surface area contributed by atoms with Gasteiger partial charge in [0, 0.05) is 45.2 Å². The average Bonchev–Trinajstić information content (AvgIpc) is 2.92. The van der Waals surface area contributed by atoms with Crippen molar-refractivity contribution in [1.82, 2.24) is 10.3 Å². The molecule has 0 aliphatic carbocycles. The number of esters is 2. The van der Waals surface area contributed by atoms with E-state index in [9.17, 15) is 18.8 Å². The molecule has 3 rings (SSSR count). The number of ether oxygens (including phenoxy) is 5. The first kappa shape index (κ1) is 30.0. The fourth-order valence-electron chi connectivity index (χ4n) is 4.11. The van der Waals surface area contributed by atoms with E-state index >= 15 is 0 Å². The summed E-state index contributed by atoms with van der Waals surface area (Å²) in [4.78, 5) is 41.9. The number of hydrogen-bond donors (Lipinski definition) is 1. The van der Waals surface area contributed by atoms with Crippen LogP contribution in [0.5, 0.6) is 11.5 Å². The van der Waals surface area contributed by atoms with Crippen molar-refractivity contribution in [3.05, 3.63) is 53.6 Å². The van der Waals surface area contributed by atoms with Gasteiger partial charge in [-0.3, -0.25) is 9.59 Å². The molecule has 4 atom stereocenters. The van der Waals surface area contributed by atoms with E-state index in [4.69, 9.17) is 23.7 Å². The van der Waals surface area contributed by atoms with Crippen molar-refractivity contribution < 1.29 is 42.5 Å². The number of methoxy groups -OCH3 is 1. The van der Waals surface area contributed by atoms with Crippen LogP contribution < -0.4 is 14.8 Å². The minimum atomic E-state index is -1.08. The van der Waals surface area contributed by atoms with Gasteiger partial charge in [-0.2, -0.15) is 0 Å². The van der Waals surface area contributed by atoms with E-state index in [1.165, 1.54) is 38.4 Å². The molecule has 0 spiro atoms. The Morgan fingerprint density at radius 3 is 2.56 bits per heavy atom. The molecule has 1 aliphatic rings. The molecule has 10 nitrogen and oxygen atoms in total. The standard InChI is InChI=1S/C28H35FN2O8/c1-16(2)15-37-25-17(3)38-28(34)21(11-13-36-23(25)14-19-6-8-20(29)9-7-19)31-27(33)24-26(39-18(4)32)22(35-5)10-12-30-24/h6-10,12,16-17,21,23,25H,11,13-15H2,1-5H3,(H,31,33)/t17-,21-,23+,25-/m0/s1. The van der Waals surface area contributed by atoms with E-state index in [1.54, 1.807) is 19.1 Å². The van der Waals surface area contributed by atoms with Crippen molar-refractivity contribution in [3.63, 3.8) is 0 Å². The van der Waals surface area contributed by atoms with Crippen LogP contribution in [0.15, 0.2) is 36.5 Å². The van der Waals surface area contributed by atoms with Crippen molar-refractivity contribution in [2.75, 3.05) is 20.3 Å². The third-order valence-electron chi connectivity index (χ3n) is 5.98. The van der Waals surface area contributed by atoms with Crippen molar-refractivity contribution in [3.8, 4) is 11.5 Å². The Morgan fingerprint density at radius 1 is 1.21 bits per heavy atom. The van der Waals surface area contributed by atoms with Crippen LogP contribution in [0.4, 0.5) is 4.39 Å². The molecular formula is C28H35FN2O8. The molecule has 2 aromatic rings. The highest BCUT2D eigenvalue weighted by atomic mass is 19.1. The maximum Gasteiger partial charge on any atom is 0.329 e. The Morgan fingerprint density at radius 2 is 1.92 bits per heavy atom. The Kier molecular flexibility index (Phi) is 10.8. The number of benzene rings is 1. The van der Waals surface area contributed by atoms with Gasteiger partial charge in [0.25, 0.3) is 5.91 Å². The minimum absolute atomic E-state index is 0.0982. The zero-order valence-electron chi connectivity index (χ0n) is 22.8. The summed E-state index contributed by atoms with van der Waals surface area (Å²) in [5.74, 6) is -2.24. The lowest BCUT2D eigenvalue weighted by molar-refractivity contribution is -0.165. The van der Waals surface area contributed by atoms with Crippen molar-refractivity contribution in [2.24, 2.45) is 5.92 Å². The number of carbonyl (C=O) groups excluding carboxylic acids is 3. The normalized spacial score (nSPS) is 21.8. The van der Waals surface area contributed by atoms with Gasteiger partial charge in [0.2, 0.25) is 5.75 Å². The van der Waals surface area contributed by atoms with E-state index in [2.05, 4.69) is 10.3 Å². The second kappa shape index (κ2) is 14.0. The summed E-state index contributed by atoms with van der Waals surface area (Å²) in [7, 11) is 1.36. The number of hydrogen-bond acceptors (Lipinski definition) is 9. The maximum absolute atomic E-state index is 13.4. The molecule has 1 aromatic heterocycles. The van der Waals surface area contributed by atoms with Crippen LogP contribution in [0.1, 0.15) is 50.2 Å². The number of cyclic esters (lactones) is 1. The van der Waals surface area contributed by atoms with Crippen molar-refractivity contribution >= 4 is 17.8 Å². The van der Waals surface area contributed by atoms with Crippen LogP contribution in [0.25, 0.3) is 0 Å². The zero-order valence-corrected chi connectivity index (χ0v) is 22.8. The molecule has 0 saturated carbocycles. The first-order chi connectivity index (χ1) is 18.6. The van der Waals surface area contributed by atoms with Gasteiger partial charge in [0.15, 0.2) is 11.4 Å². The predicted molar refractivity (Wildman–Crippen MR) is 138 cm³/mol. The third kappa shape index (κ3) is 8.46. The van der Waals surface area contributed by atoms with Gasteiger partial charge in [-0.15, -0.1) is 0 Å². The van der Waals surface area contributed by atoms with Gasteiger partial charge in [-0.05, 0) is 30.5 Å². The number of rotatable bonds is 9. The number of aromatic nitrogens is 1. The Labute approximate surface area is 227 Å². The van der Waals surface area contributed by atoms with Gasteiger partial charge < -0.3 is 29.0 Å². The van der Waals surface area contributed by atoms with E-state index in [1.807, 2.05) is 13.8 Å². The molecule has 0 unspecified atom stereocenters. The number of amides is 1. The molecule has 2 heterocycles. The molecule has 1 saturated heterocycles. The van der Waals surface area contributed by atoms with Crippen LogP contribution >= 0.6 is 0 Å². The van der Waals surface area contributed by atoms with E-state index in [0.717, 1.165) is 5.56 Å². The fourth-order valence-corrected chi connectivity index (χ4v) is 4.11. The Hall–Kier alpha value is -3.57. The first-order valence-corrected chi connectivity index (χ1v) is 12.8. The van der Waals surface area contributed by atoms with Crippen LogP contribution in [-0.2, 0) is 30.2 Å². The summed E-state index contributed by atoms with van der Waals surface area (Å²) < 4.78 is 41.9. The summed E-state index contributed by atoms with van der Waals surface area (Å²) in [6.07, 6.45) is 0.00585. The monoisotopic (exact) mass is 546 g/mol. The number of nitrogens with one attached hydrogen (secondary N) is 1. The van der Waals surface area contributed by atoms with Crippen molar-refractivity contribution in [1.29, 1.82) is 0 Å². The zero-order chi connectivity index (χ0) is 28.5. The highest BCUT2D eigenvalue weighted by Gasteiger charge is 2.36. The molecule has 0 bridgehead atoms. The second-order valence-corrected chi connectivity index (χ2v) is 9.67. The molecule has 11 heteroatoms. The lowest BCUT2D eigenvalue weighted by Crippen LogP contribution is -2.46. The SMILES string of the molecule is COc1ccnc(C(=O)N[C@H]2CCO[C@H](Cc3ccc(F)cc3)[C@@H](OCC(C)C)[C@H](C)OC2=O)c1OC(C)=O. The van der Waals surface area contributed by atoms with E-state index < -0.39 is 42.2 Å². The number of nitrogens with zero attached hydrogens (tertiary/aromatic N) is 1. The summed E-state index contributed by atoms with van der Waals surface area (Å²) in [6.45, 7) is 7.41. The maximum atomic E-state index is 13.4. The molecule has 39 heavy (non-hydrogen) atoms. The van der Waals surface area contributed by atoms with Crippen LogP contribution in [0, 0.1) is 11.7 Å². The minimum Gasteiger partial charge on any atom is -0.493 e. The van der Waals surface area contributed by atoms with Crippen LogP contribution in [-0.4, -0.2) is 67.5 Å². The molecule has 1 amide bonds. The fraction of sp³-hybridized carbons (Fsp3) is 0.500. The largest absolute Gasteiger partial charge is 0.493 e. The molecule has 1 aromatic carbocycles. The lowest BCUT2D eigenvalue weighted by atomic mass is 10.00. The number of pyridine rings is 1. The quantitative estimate of drug-likeness (QED) is 0.472. The highest BCUT2D eigenvalue weighted by Crippen LogP contribution is 2.30. The lowest BCUT2D eigenvalue weighted by Gasteiger charge is -2.31. The molecule has 1 aliphatic heterocycles. The number of halogens is 1. The summed E-state index contributed by atoms with van der Waals surface area (Å²) >= 11 is 0. The topological polar surface area (TPSA) is 122 Å². The summed E-state index contributed by atoms with van der Waals surface area (Å²) in [5, 5.41) is 2.62. The second-order valence-electron chi connectivity index (χ2n) is 9.67. The smallest absolute Gasteiger partial charge is 0.329 e.